The number of hydrogen-bond acceptors (Lipinski definition) is 8. The van der Waals surface area contributed by atoms with Gasteiger partial charge in [-0.05, 0) is 83.5 Å². The van der Waals surface area contributed by atoms with Gasteiger partial charge in [-0.2, -0.15) is 0 Å². The fraction of sp³-hybridized carbons (Fsp3) is 0.757. The minimum atomic E-state index is -1.58. The average Bonchev–Trinajstić information content (AvgIpc) is 3.47. The predicted octanol–water partition coefficient (Wildman–Crippen LogP) is 17.5. The molecule has 0 spiro atoms. The fourth-order valence-corrected chi connectivity index (χ4v) is 10.0. The van der Waals surface area contributed by atoms with E-state index < -0.39 is 49.5 Å². The Kier molecular flexibility index (Phi) is 54.7. The topological polar surface area (TPSA) is 149 Å². The summed E-state index contributed by atoms with van der Waals surface area (Å²) >= 11 is 0. The number of carbonyl (C=O) groups is 1. The van der Waals surface area contributed by atoms with Crippen LogP contribution < -0.4 is 5.32 Å². The lowest BCUT2D eigenvalue weighted by Gasteiger charge is -2.40. The van der Waals surface area contributed by atoms with Crippen LogP contribution in [0.4, 0.5) is 0 Å². The molecule has 0 radical (unpaired) electrons. The van der Waals surface area contributed by atoms with Crippen LogP contribution >= 0.6 is 0 Å². The molecule has 1 aliphatic rings. The minimum Gasteiger partial charge on any atom is -0.394 e. The molecule has 1 heterocycles. The highest BCUT2D eigenvalue weighted by molar-refractivity contribution is 5.76. The molecule has 1 fully saturated rings. The highest BCUT2D eigenvalue weighted by atomic mass is 16.7. The number of amides is 1. The third-order valence-electron chi connectivity index (χ3n) is 15.1. The highest BCUT2D eigenvalue weighted by Crippen LogP contribution is 2.23. The second-order valence-electron chi connectivity index (χ2n) is 22.5. The summed E-state index contributed by atoms with van der Waals surface area (Å²) in [5.74, 6) is -0.188. The van der Waals surface area contributed by atoms with E-state index in [1.54, 1.807) is 6.08 Å². The van der Waals surface area contributed by atoms with E-state index in [-0.39, 0.29) is 12.5 Å². The Morgan fingerprint density at radius 2 is 0.797 bits per heavy atom. The summed E-state index contributed by atoms with van der Waals surface area (Å²) in [5.41, 5.74) is 0. The van der Waals surface area contributed by atoms with Gasteiger partial charge in [0.2, 0.25) is 5.91 Å². The lowest BCUT2D eigenvalue weighted by molar-refractivity contribution is -0.302. The largest absolute Gasteiger partial charge is 0.394 e. The standard InChI is InChI=1S/C70H123NO8/c1-3-5-7-9-11-13-15-17-19-21-23-25-27-28-29-30-31-32-33-34-35-36-38-40-42-44-46-48-50-52-54-56-58-60-66(74)71-63(62-78-70-69(77)68(76)67(75)65(61-72)79-70)64(73)59-57-55-53-51-49-47-45-43-41-39-37-26-24-22-20-18-16-14-12-10-8-6-4-2/h5,7,11,13,17,19,23,25,28-29,31-32,49,51,57,59,63-65,67-70,72-73,75-77H,3-4,6,8-10,12,14-16,18,20-22,24,26-27,30,33-48,50,52-56,58,60-62H2,1-2H3,(H,71,74)/b7-5-,13-11-,19-17-,25-23-,29-28-,32-31-,51-49+,59-57+. The molecule has 0 aliphatic carbocycles. The van der Waals surface area contributed by atoms with E-state index >= 15 is 0 Å². The first kappa shape index (κ1) is 74.1. The van der Waals surface area contributed by atoms with Gasteiger partial charge in [0.25, 0.3) is 0 Å². The molecule has 0 aromatic carbocycles. The Hall–Kier alpha value is -2.89. The second kappa shape index (κ2) is 58.3. The Labute approximate surface area is 485 Å². The number of rotatable bonds is 56. The van der Waals surface area contributed by atoms with Crippen molar-refractivity contribution in [1.29, 1.82) is 0 Å². The van der Waals surface area contributed by atoms with Gasteiger partial charge in [-0.25, -0.2) is 0 Å². The summed E-state index contributed by atoms with van der Waals surface area (Å²) in [6.07, 6.45) is 77.8. The van der Waals surface area contributed by atoms with E-state index in [1.807, 2.05) is 6.08 Å². The van der Waals surface area contributed by atoms with Gasteiger partial charge in [-0.3, -0.25) is 4.79 Å². The maximum absolute atomic E-state index is 13.1. The minimum absolute atomic E-state index is 0.188. The Morgan fingerprint density at radius 1 is 0.443 bits per heavy atom. The molecule has 9 nitrogen and oxygen atoms in total. The maximum Gasteiger partial charge on any atom is 0.220 e. The molecule has 456 valence electrons. The van der Waals surface area contributed by atoms with E-state index in [0.717, 1.165) is 77.0 Å². The fourth-order valence-electron chi connectivity index (χ4n) is 10.0. The SMILES string of the molecule is CC/C=C\C/C=C\C/C=C\C/C=C\C/C=C\C/C=C\CCCCCCCCCCCCCCCCC(=O)NC(COC1OC(CO)C(O)C(O)C1O)C(O)/C=C/CC/C=C/CCCCCCCCCCCCCCCCCCC. The number of nitrogens with one attached hydrogen (secondary N) is 1. The third-order valence-corrected chi connectivity index (χ3v) is 15.1. The highest BCUT2D eigenvalue weighted by Gasteiger charge is 2.44. The maximum atomic E-state index is 13.1. The number of aliphatic hydroxyl groups excluding tert-OH is 5. The van der Waals surface area contributed by atoms with Crippen LogP contribution in [0.1, 0.15) is 284 Å². The van der Waals surface area contributed by atoms with Crippen LogP contribution in [0.15, 0.2) is 97.2 Å². The van der Waals surface area contributed by atoms with Gasteiger partial charge in [0.15, 0.2) is 6.29 Å². The molecule has 0 aromatic heterocycles. The number of aliphatic hydroxyl groups is 5. The quantitative estimate of drug-likeness (QED) is 0.0261. The summed E-state index contributed by atoms with van der Waals surface area (Å²) in [7, 11) is 0. The van der Waals surface area contributed by atoms with Crippen molar-refractivity contribution >= 4 is 5.91 Å². The third kappa shape index (κ3) is 47.3. The predicted molar refractivity (Wildman–Crippen MR) is 336 cm³/mol. The van der Waals surface area contributed by atoms with Gasteiger partial charge in [-0.15, -0.1) is 0 Å². The number of unbranched alkanes of at least 4 members (excludes halogenated alkanes) is 32. The molecule has 0 bridgehead atoms. The van der Waals surface area contributed by atoms with E-state index in [9.17, 15) is 30.3 Å². The molecule has 1 amide bonds. The number of allylic oxidation sites excluding steroid dienone is 15. The molecule has 0 aromatic rings. The van der Waals surface area contributed by atoms with Crippen LogP contribution in [0.5, 0.6) is 0 Å². The monoisotopic (exact) mass is 1110 g/mol. The van der Waals surface area contributed by atoms with E-state index in [1.165, 1.54) is 186 Å². The molecule has 9 heteroatoms. The Morgan fingerprint density at radius 3 is 1.22 bits per heavy atom. The summed E-state index contributed by atoms with van der Waals surface area (Å²) in [6, 6.07) is -0.828. The molecular weight excluding hydrogens is 983 g/mol. The molecular formula is C70H123NO8. The van der Waals surface area contributed by atoms with Gasteiger partial charge in [0, 0.05) is 6.42 Å². The lowest BCUT2D eigenvalue weighted by atomic mass is 9.99. The average molecular weight is 1110 g/mol. The molecule has 1 saturated heterocycles. The first-order valence-corrected chi connectivity index (χ1v) is 33.0. The van der Waals surface area contributed by atoms with Crippen LogP contribution in [0, 0.1) is 0 Å². The van der Waals surface area contributed by atoms with Crippen LogP contribution in [-0.2, 0) is 14.3 Å². The van der Waals surface area contributed by atoms with E-state index in [0.29, 0.717) is 6.42 Å². The van der Waals surface area contributed by atoms with Crippen molar-refractivity contribution < 1.29 is 39.8 Å². The van der Waals surface area contributed by atoms with Gasteiger partial charge in [0.1, 0.15) is 24.4 Å². The van der Waals surface area contributed by atoms with Crippen molar-refractivity contribution in [3.63, 3.8) is 0 Å². The zero-order valence-electron chi connectivity index (χ0n) is 50.9. The van der Waals surface area contributed by atoms with Gasteiger partial charge in [0.05, 0.1) is 25.4 Å². The van der Waals surface area contributed by atoms with Crippen LogP contribution in [-0.4, -0.2) is 87.5 Å². The van der Waals surface area contributed by atoms with Crippen molar-refractivity contribution in [2.45, 2.75) is 326 Å². The first-order valence-electron chi connectivity index (χ1n) is 33.0. The van der Waals surface area contributed by atoms with Gasteiger partial charge >= 0.3 is 0 Å². The molecule has 0 saturated carbocycles. The summed E-state index contributed by atoms with van der Waals surface area (Å²) in [4.78, 5) is 13.1. The molecule has 79 heavy (non-hydrogen) atoms. The molecule has 7 atom stereocenters. The Balaban J connectivity index is 2.18. The van der Waals surface area contributed by atoms with E-state index in [2.05, 4.69) is 104 Å². The molecule has 6 N–H and O–H groups in total. The van der Waals surface area contributed by atoms with Gasteiger partial charge in [-0.1, -0.05) is 291 Å². The number of hydrogen-bond donors (Lipinski definition) is 6. The van der Waals surface area contributed by atoms with Crippen molar-refractivity contribution in [3.05, 3.63) is 97.2 Å². The van der Waals surface area contributed by atoms with Crippen molar-refractivity contribution in [2.75, 3.05) is 13.2 Å². The van der Waals surface area contributed by atoms with Crippen LogP contribution in [0.25, 0.3) is 0 Å². The lowest BCUT2D eigenvalue weighted by Crippen LogP contribution is -2.60. The molecule has 1 aliphatic heterocycles. The zero-order valence-corrected chi connectivity index (χ0v) is 50.9. The smallest absolute Gasteiger partial charge is 0.220 e. The second-order valence-corrected chi connectivity index (χ2v) is 22.5. The van der Waals surface area contributed by atoms with E-state index in [4.69, 9.17) is 9.47 Å². The zero-order chi connectivity index (χ0) is 57.2. The van der Waals surface area contributed by atoms with Crippen molar-refractivity contribution in [1.82, 2.24) is 5.32 Å². The molecule has 7 unspecified atom stereocenters. The number of ether oxygens (including phenoxy) is 2. The van der Waals surface area contributed by atoms with Crippen LogP contribution in [0.3, 0.4) is 0 Å². The van der Waals surface area contributed by atoms with Crippen molar-refractivity contribution in [3.8, 4) is 0 Å². The summed E-state index contributed by atoms with van der Waals surface area (Å²) in [5, 5.41) is 54.7. The number of carbonyl (C=O) groups excluding carboxylic acids is 1. The summed E-state index contributed by atoms with van der Waals surface area (Å²) < 4.78 is 11.3. The Bertz CT molecular complexity index is 1560. The summed E-state index contributed by atoms with van der Waals surface area (Å²) in [6.45, 7) is 3.67. The van der Waals surface area contributed by atoms with Gasteiger partial charge < -0.3 is 40.3 Å². The van der Waals surface area contributed by atoms with Crippen molar-refractivity contribution in [2.24, 2.45) is 0 Å². The first-order chi connectivity index (χ1) is 38.8. The van der Waals surface area contributed by atoms with Crippen LogP contribution in [0.2, 0.25) is 0 Å². The molecule has 1 rings (SSSR count). The normalized spacial score (nSPS) is 19.2.